The zero-order chi connectivity index (χ0) is 14.0. The average molecular weight is 255 g/mol. The Kier molecular flexibility index (Phi) is 3.56. The average Bonchev–Trinajstić information content (AvgIpc) is 2.34. The number of rotatable bonds is 3. The van der Waals surface area contributed by atoms with Gasteiger partial charge in [-0.25, -0.2) is 0 Å². The van der Waals surface area contributed by atoms with Crippen molar-refractivity contribution in [2.75, 3.05) is 5.73 Å². The molecular weight excluding hydrogens is 238 g/mol. The summed E-state index contributed by atoms with van der Waals surface area (Å²) in [6.45, 7) is 3.94. The molecule has 2 aromatic carbocycles. The number of hydrogen-bond donors (Lipinski definition) is 2. The number of anilines is 1. The number of carboxylic acid groups (broad SMARTS) is 1. The van der Waals surface area contributed by atoms with E-state index in [1.807, 2.05) is 32.0 Å². The third-order valence-corrected chi connectivity index (χ3v) is 3.25. The van der Waals surface area contributed by atoms with E-state index in [-0.39, 0.29) is 0 Å². The fraction of sp³-hybridized carbons (Fsp3) is 0.188. The maximum Gasteiger partial charge on any atom is 0.315 e. The van der Waals surface area contributed by atoms with Crippen LogP contribution in [0.5, 0.6) is 0 Å². The molecule has 3 nitrogen and oxygen atoms in total. The highest BCUT2D eigenvalue weighted by Crippen LogP contribution is 2.28. The molecule has 0 radical (unpaired) electrons. The van der Waals surface area contributed by atoms with Crippen LogP contribution in [0.25, 0.3) is 0 Å². The van der Waals surface area contributed by atoms with E-state index in [0.717, 1.165) is 22.3 Å². The summed E-state index contributed by atoms with van der Waals surface area (Å²) in [7, 11) is 0. The first-order valence-corrected chi connectivity index (χ1v) is 6.14. The van der Waals surface area contributed by atoms with Crippen LogP contribution in [0.2, 0.25) is 0 Å². The molecular formula is C16H17NO2. The summed E-state index contributed by atoms with van der Waals surface area (Å²) < 4.78 is 0. The van der Waals surface area contributed by atoms with Crippen molar-refractivity contribution < 1.29 is 9.90 Å². The second kappa shape index (κ2) is 5.14. The predicted octanol–water partition coefficient (Wildman–Crippen LogP) is 3.10. The maximum atomic E-state index is 11.6. The molecule has 0 saturated heterocycles. The molecule has 0 amide bonds. The van der Waals surface area contributed by atoms with Gasteiger partial charge in [0.05, 0.1) is 0 Å². The first-order chi connectivity index (χ1) is 8.99. The molecule has 2 aromatic rings. The number of nitrogens with two attached hydrogens (primary N) is 1. The fourth-order valence-corrected chi connectivity index (χ4v) is 2.29. The maximum absolute atomic E-state index is 11.6. The van der Waals surface area contributed by atoms with E-state index >= 15 is 0 Å². The van der Waals surface area contributed by atoms with Crippen LogP contribution >= 0.6 is 0 Å². The van der Waals surface area contributed by atoms with Crippen LogP contribution < -0.4 is 5.73 Å². The highest BCUT2D eigenvalue weighted by Gasteiger charge is 2.23. The number of nitrogen functional groups attached to an aromatic ring is 1. The van der Waals surface area contributed by atoms with Gasteiger partial charge in [0.2, 0.25) is 0 Å². The number of aryl methyl sites for hydroxylation is 2. The summed E-state index contributed by atoms with van der Waals surface area (Å²) in [4.78, 5) is 11.6. The largest absolute Gasteiger partial charge is 0.481 e. The van der Waals surface area contributed by atoms with Crippen LogP contribution in [0.4, 0.5) is 5.69 Å². The monoisotopic (exact) mass is 255 g/mol. The third-order valence-electron chi connectivity index (χ3n) is 3.25. The Morgan fingerprint density at radius 1 is 1.11 bits per heavy atom. The quantitative estimate of drug-likeness (QED) is 0.828. The number of benzene rings is 2. The second-order valence-electron chi connectivity index (χ2n) is 4.80. The van der Waals surface area contributed by atoms with E-state index < -0.39 is 11.9 Å². The van der Waals surface area contributed by atoms with E-state index in [0.29, 0.717) is 5.69 Å². The number of carbonyl (C=O) groups is 1. The summed E-state index contributed by atoms with van der Waals surface area (Å²) >= 11 is 0. The minimum absolute atomic E-state index is 0.633. The van der Waals surface area contributed by atoms with Crippen LogP contribution in [0.15, 0.2) is 42.5 Å². The van der Waals surface area contributed by atoms with Gasteiger partial charge in [-0.2, -0.15) is 0 Å². The second-order valence-corrected chi connectivity index (χ2v) is 4.80. The molecule has 0 aliphatic rings. The molecule has 0 heterocycles. The predicted molar refractivity (Wildman–Crippen MR) is 76.2 cm³/mol. The van der Waals surface area contributed by atoms with Crippen molar-refractivity contribution in [1.29, 1.82) is 0 Å². The molecule has 0 bridgehead atoms. The Morgan fingerprint density at radius 2 is 1.74 bits per heavy atom. The van der Waals surface area contributed by atoms with Crippen molar-refractivity contribution in [3.63, 3.8) is 0 Å². The van der Waals surface area contributed by atoms with Gasteiger partial charge in [0.25, 0.3) is 0 Å². The molecule has 1 unspecified atom stereocenters. The highest BCUT2D eigenvalue weighted by atomic mass is 16.4. The smallest absolute Gasteiger partial charge is 0.315 e. The molecule has 0 saturated carbocycles. The fourth-order valence-electron chi connectivity index (χ4n) is 2.29. The first kappa shape index (κ1) is 13.1. The molecule has 2 rings (SSSR count). The van der Waals surface area contributed by atoms with Gasteiger partial charge in [-0.3, -0.25) is 4.79 Å². The summed E-state index contributed by atoms with van der Waals surface area (Å²) in [6, 6.07) is 12.8. The van der Waals surface area contributed by atoms with E-state index in [2.05, 4.69) is 0 Å². The summed E-state index contributed by atoms with van der Waals surface area (Å²) in [5, 5.41) is 9.51. The molecule has 19 heavy (non-hydrogen) atoms. The Morgan fingerprint density at radius 3 is 2.26 bits per heavy atom. The van der Waals surface area contributed by atoms with Crippen molar-refractivity contribution in [3.05, 3.63) is 64.7 Å². The van der Waals surface area contributed by atoms with Gasteiger partial charge in [0, 0.05) is 5.69 Å². The van der Waals surface area contributed by atoms with Gasteiger partial charge in [0.15, 0.2) is 0 Å². The molecule has 0 aromatic heterocycles. The zero-order valence-corrected chi connectivity index (χ0v) is 11.1. The topological polar surface area (TPSA) is 63.3 Å². The molecule has 3 heteroatoms. The number of hydrogen-bond acceptors (Lipinski definition) is 2. The van der Waals surface area contributed by atoms with Gasteiger partial charge >= 0.3 is 5.97 Å². The van der Waals surface area contributed by atoms with E-state index in [1.54, 1.807) is 24.3 Å². The van der Waals surface area contributed by atoms with E-state index in [9.17, 15) is 9.90 Å². The molecule has 98 valence electrons. The van der Waals surface area contributed by atoms with E-state index in [4.69, 9.17) is 5.73 Å². The molecule has 0 aliphatic heterocycles. The van der Waals surface area contributed by atoms with Gasteiger partial charge in [-0.1, -0.05) is 35.9 Å². The lowest BCUT2D eigenvalue weighted by Gasteiger charge is -2.16. The third kappa shape index (κ3) is 2.76. The zero-order valence-electron chi connectivity index (χ0n) is 11.1. The van der Waals surface area contributed by atoms with Crippen LogP contribution in [0, 0.1) is 13.8 Å². The van der Waals surface area contributed by atoms with Crippen molar-refractivity contribution in [2.45, 2.75) is 19.8 Å². The van der Waals surface area contributed by atoms with Gasteiger partial charge in [-0.05, 0) is 42.7 Å². The summed E-state index contributed by atoms with van der Waals surface area (Å²) in [5.74, 6) is -1.50. The molecule has 0 spiro atoms. The summed E-state index contributed by atoms with van der Waals surface area (Å²) in [5.41, 5.74) is 9.96. The SMILES string of the molecule is Cc1ccc(C(C(=O)O)c2ccc(N)cc2)c(C)c1. The lowest BCUT2D eigenvalue weighted by molar-refractivity contribution is -0.137. The Labute approximate surface area is 112 Å². The molecule has 1 atom stereocenters. The minimum Gasteiger partial charge on any atom is -0.481 e. The standard InChI is InChI=1S/C16H17NO2/c1-10-3-8-14(11(2)9-10)15(16(18)19)12-4-6-13(17)7-5-12/h3-9,15H,17H2,1-2H3,(H,18,19). The van der Waals surface area contributed by atoms with Crippen LogP contribution in [-0.2, 0) is 4.79 Å². The van der Waals surface area contributed by atoms with Gasteiger partial charge < -0.3 is 10.8 Å². The Balaban J connectivity index is 2.51. The van der Waals surface area contributed by atoms with Crippen molar-refractivity contribution in [2.24, 2.45) is 0 Å². The molecule has 0 aliphatic carbocycles. The minimum atomic E-state index is -0.850. The molecule has 3 N–H and O–H groups in total. The van der Waals surface area contributed by atoms with Crippen LogP contribution in [0.1, 0.15) is 28.2 Å². The number of aliphatic carboxylic acids is 1. The van der Waals surface area contributed by atoms with E-state index in [1.165, 1.54) is 0 Å². The van der Waals surface area contributed by atoms with Crippen molar-refractivity contribution >= 4 is 11.7 Å². The van der Waals surface area contributed by atoms with Gasteiger partial charge in [-0.15, -0.1) is 0 Å². The normalized spacial score (nSPS) is 12.1. The van der Waals surface area contributed by atoms with Crippen molar-refractivity contribution in [1.82, 2.24) is 0 Å². The van der Waals surface area contributed by atoms with Crippen molar-refractivity contribution in [3.8, 4) is 0 Å². The Bertz CT molecular complexity index is 603. The lowest BCUT2D eigenvalue weighted by atomic mass is 9.88. The van der Waals surface area contributed by atoms with Gasteiger partial charge in [0.1, 0.15) is 5.92 Å². The first-order valence-electron chi connectivity index (χ1n) is 6.14. The highest BCUT2D eigenvalue weighted by molar-refractivity contribution is 5.81. The van der Waals surface area contributed by atoms with Crippen LogP contribution in [0.3, 0.4) is 0 Å². The molecule has 0 fully saturated rings. The Hall–Kier alpha value is -2.29. The van der Waals surface area contributed by atoms with Crippen LogP contribution in [-0.4, -0.2) is 11.1 Å². The summed E-state index contributed by atoms with van der Waals surface area (Å²) in [6.07, 6.45) is 0. The number of carboxylic acids is 1. The lowest BCUT2D eigenvalue weighted by Crippen LogP contribution is -2.14.